The number of oxazole rings is 1. The summed E-state index contributed by atoms with van der Waals surface area (Å²) >= 11 is 0. The van der Waals surface area contributed by atoms with E-state index in [1.165, 1.54) is 33.8 Å². The van der Waals surface area contributed by atoms with E-state index in [-0.39, 0.29) is 34.9 Å². The van der Waals surface area contributed by atoms with E-state index < -0.39 is 15.8 Å². The van der Waals surface area contributed by atoms with Crippen molar-refractivity contribution in [3.05, 3.63) is 28.7 Å². The average Bonchev–Trinajstić information content (AvgIpc) is 2.90. The highest BCUT2D eigenvalue weighted by molar-refractivity contribution is 7.89. The topological polar surface area (TPSA) is 102 Å². The third-order valence-corrected chi connectivity index (χ3v) is 8.22. The van der Waals surface area contributed by atoms with Crippen molar-refractivity contribution in [1.29, 1.82) is 0 Å². The van der Waals surface area contributed by atoms with Crippen LogP contribution in [0.3, 0.4) is 0 Å². The molecule has 1 N–H and O–H groups in total. The molecule has 0 radical (unpaired) electrons. The molecule has 2 aromatic rings. The van der Waals surface area contributed by atoms with Gasteiger partial charge < -0.3 is 9.73 Å². The Labute approximate surface area is 176 Å². The third-order valence-electron chi connectivity index (χ3n) is 6.36. The Morgan fingerprint density at radius 2 is 1.83 bits per heavy atom. The number of nitrogens with zero attached hydrogens (tertiary/aromatic N) is 2. The van der Waals surface area contributed by atoms with E-state index in [0.717, 1.165) is 25.7 Å². The maximum Gasteiger partial charge on any atom is 0.419 e. The predicted octanol–water partition coefficient (Wildman–Crippen LogP) is 2.37. The predicted molar refractivity (Wildman–Crippen MR) is 113 cm³/mol. The summed E-state index contributed by atoms with van der Waals surface area (Å²) < 4.78 is 34.2. The number of carbonyl (C=O) groups is 1. The molecule has 1 atom stereocenters. The Hall–Kier alpha value is -2.13. The molecule has 8 nitrogen and oxygen atoms in total. The first-order valence-electron chi connectivity index (χ1n) is 10.8. The minimum Gasteiger partial charge on any atom is -0.408 e. The van der Waals surface area contributed by atoms with Crippen molar-refractivity contribution in [3.8, 4) is 0 Å². The first-order chi connectivity index (χ1) is 14.4. The van der Waals surface area contributed by atoms with Crippen LogP contribution in [0.4, 0.5) is 0 Å². The molecule has 1 aliphatic carbocycles. The highest BCUT2D eigenvalue weighted by atomic mass is 32.2. The van der Waals surface area contributed by atoms with Gasteiger partial charge >= 0.3 is 5.76 Å². The van der Waals surface area contributed by atoms with Crippen LogP contribution in [0, 0.1) is 5.92 Å². The van der Waals surface area contributed by atoms with Gasteiger partial charge in [-0.05, 0) is 37.8 Å². The number of nitrogens with one attached hydrogen (secondary N) is 1. The Kier molecular flexibility index (Phi) is 6.02. The van der Waals surface area contributed by atoms with Crippen LogP contribution in [0.25, 0.3) is 11.1 Å². The van der Waals surface area contributed by atoms with E-state index in [9.17, 15) is 18.0 Å². The fourth-order valence-corrected chi connectivity index (χ4v) is 6.08. The lowest BCUT2D eigenvalue weighted by Gasteiger charge is -2.32. The zero-order valence-electron chi connectivity index (χ0n) is 17.3. The maximum atomic E-state index is 13.2. The molecular weight excluding hydrogens is 406 g/mol. The Bertz CT molecular complexity index is 1080. The fourth-order valence-electron chi connectivity index (χ4n) is 4.54. The standard InChI is InChI=1S/C21H29N3O5S/c1-23-18-11-10-17(13-19(18)29-21(23)26)30(27,28)24-12-6-7-15(14-24)20(25)22-16-8-4-2-3-5-9-16/h10-11,13,15-16H,2-9,12,14H2,1H3,(H,22,25). The van der Waals surface area contributed by atoms with Gasteiger partial charge in [0.05, 0.1) is 16.3 Å². The molecule has 1 amide bonds. The van der Waals surface area contributed by atoms with Gasteiger partial charge in [0, 0.05) is 32.2 Å². The molecule has 1 saturated heterocycles. The van der Waals surface area contributed by atoms with E-state index in [1.807, 2.05) is 0 Å². The van der Waals surface area contributed by atoms with Crippen LogP contribution in [0.15, 0.2) is 32.3 Å². The molecule has 2 heterocycles. The number of aryl methyl sites for hydroxylation is 1. The quantitative estimate of drug-likeness (QED) is 0.743. The van der Waals surface area contributed by atoms with Crippen molar-refractivity contribution in [3.63, 3.8) is 0 Å². The molecule has 30 heavy (non-hydrogen) atoms. The molecule has 0 spiro atoms. The summed E-state index contributed by atoms with van der Waals surface area (Å²) in [6.45, 7) is 0.560. The second kappa shape index (κ2) is 8.55. The minimum absolute atomic E-state index is 0.0358. The zero-order valence-corrected chi connectivity index (χ0v) is 18.1. The fraction of sp³-hybridized carbons (Fsp3) is 0.619. The normalized spacial score (nSPS) is 22.1. The molecule has 4 rings (SSSR count). The van der Waals surface area contributed by atoms with Gasteiger partial charge in [0.25, 0.3) is 0 Å². The van der Waals surface area contributed by atoms with Gasteiger partial charge in [-0.25, -0.2) is 13.2 Å². The van der Waals surface area contributed by atoms with Crippen molar-refractivity contribution in [2.75, 3.05) is 13.1 Å². The van der Waals surface area contributed by atoms with Gasteiger partial charge in [0.2, 0.25) is 15.9 Å². The number of piperidine rings is 1. The molecule has 1 aromatic carbocycles. The number of amides is 1. The van der Waals surface area contributed by atoms with Crippen molar-refractivity contribution >= 4 is 27.0 Å². The summed E-state index contributed by atoms with van der Waals surface area (Å²) in [6, 6.07) is 4.66. The molecule has 2 aliphatic rings. The highest BCUT2D eigenvalue weighted by Gasteiger charge is 2.34. The molecule has 9 heteroatoms. The lowest BCUT2D eigenvalue weighted by Crippen LogP contribution is -2.47. The summed E-state index contributed by atoms with van der Waals surface area (Å²) in [6.07, 6.45) is 8.04. The van der Waals surface area contributed by atoms with Gasteiger partial charge in [-0.3, -0.25) is 9.36 Å². The van der Waals surface area contributed by atoms with E-state index >= 15 is 0 Å². The average molecular weight is 436 g/mol. The van der Waals surface area contributed by atoms with E-state index in [0.29, 0.717) is 24.9 Å². The molecule has 1 aliphatic heterocycles. The van der Waals surface area contributed by atoms with Gasteiger partial charge in [0.15, 0.2) is 5.58 Å². The lowest BCUT2D eigenvalue weighted by atomic mass is 9.97. The SMILES string of the molecule is Cn1c(=O)oc2cc(S(=O)(=O)N3CCCC(C(=O)NC4CCCCCC4)C3)ccc21. The molecule has 0 bridgehead atoms. The van der Waals surface area contributed by atoms with Crippen molar-refractivity contribution in [1.82, 2.24) is 14.2 Å². The van der Waals surface area contributed by atoms with Crippen LogP contribution in [0.1, 0.15) is 51.4 Å². The first-order valence-corrected chi connectivity index (χ1v) is 12.2. The van der Waals surface area contributed by atoms with E-state index in [1.54, 1.807) is 13.1 Å². The van der Waals surface area contributed by atoms with Crippen LogP contribution >= 0.6 is 0 Å². The van der Waals surface area contributed by atoms with Gasteiger partial charge in [-0.1, -0.05) is 25.7 Å². The Morgan fingerprint density at radius 1 is 1.10 bits per heavy atom. The van der Waals surface area contributed by atoms with Crippen molar-refractivity contribution in [2.45, 2.75) is 62.3 Å². The smallest absolute Gasteiger partial charge is 0.408 e. The third kappa shape index (κ3) is 4.18. The first kappa shape index (κ1) is 21.1. The summed E-state index contributed by atoms with van der Waals surface area (Å²) in [4.78, 5) is 24.6. The minimum atomic E-state index is -3.78. The second-order valence-electron chi connectivity index (χ2n) is 8.46. The van der Waals surface area contributed by atoms with Crippen LogP contribution in [-0.4, -0.2) is 42.3 Å². The molecule has 1 unspecified atom stereocenters. The molecule has 2 fully saturated rings. The number of hydrogen-bond donors (Lipinski definition) is 1. The second-order valence-corrected chi connectivity index (χ2v) is 10.4. The highest BCUT2D eigenvalue weighted by Crippen LogP contribution is 2.26. The number of aromatic nitrogens is 1. The van der Waals surface area contributed by atoms with Crippen molar-refractivity contribution < 1.29 is 17.6 Å². The number of sulfonamides is 1. The summed E-state index contributed by atoms with van der Waals surface area (Å²) in [5, 5.41) is 3.16. The number of benzene rings is 1. The van der Waals surface area contributed by atoms with Crippen LogP contribution in [0.5, 0.6) is 0 Å². The Morgan fingerprint density at radius 3 is 2.57 bits per heavy atom. The molecule has 164 valence electrons. The Balaban J connectivity index is 1.49. The van der Waals surface area contributed by atoms with Gasteiger partial charge in [0.1, 0.15) is 0 Å². The number of carbonyl (C=O) groups excluding carboxylic acids is 1. The maximum absolute atomic E-state index is 13.2. The number of fused-ring (bicyclic) bond motifs is 1. The monoisotopic (exact) mass is 435 g/mol. The molecular formula is C21H29N3O5S. The largest absolute Gasteiger partial charge is 0.419 e. The molecule has 1 aromatic heterocycles. The van der Waals surface area contributed by atoms with Crippen LogP contribution < -0.4 is 11.1 Å². The van der Waals surface area contributed by atoms with Crippen LogP contribution in [0.2, 0.25) is 0 Å². The zero-order chi connectivity index (χ0) is 21.3. The summed E-state index contributed by atoms with van der Waals surface area (Å²) in [7, 11) is -2.21. The van der Waals surface area contributed by atoms with Crippen LogP contribution in [-0.2, 0) is 21.9 Å². The van der Waals surface area contributed by atoms with Crippen molar-refractivity contribution in [2.24, 2.45) is 13.0 Å². The summed E-state index contributed by atoms with van der Waals surface area (Å²) in [5.74, 6) is -0.908. The van der Waals surface area contributed by atoms with E-state index in [2.05, 4.69) is 5.32 Å². The number of rotatable bonds is 4. The lowest BCUT2D eigenvalue weighted by molar-refractivity contribution is -0.126. The molecule has 1 saturated carbocycles. The van der Waals surface area contributed by atoms with E-state index in [4.69, 9.17) is 4.42 Å². The van der Waals surface area contributed by atoms with Gasteiger partial charge in [-0.2, -0.15) is 4.31 Å². The number of hydrogen-bond acceptors (Lipinski definition) is 5. The van der Waals surface area contributed by atoms with Gasteiger partial charge in [-0.15, -0.1) is 0 Å². The summed E-state index contributed by atoms with van der Waals surface area (Å²) in [5.41, 5.74) is 0.779.